The minimum Gasteiger partial charge on any atom is -0.298 e. The molecule has 1 aliphatic carbocycles. The van der Waals surface area contributed by atoms with Crippen molar-refractivity contribution in [2.75, 3.05) is 0 Å². The van der Waals surface area contributed by atoms with Crippen LogP contribution in [-0.2, 0) is 4.79 Å². The van der Waals surface area contributed by atoms with Crippen LogP contribution in [0.25, 0.3) is 0 Å². The van der Waals surface area contributed by atoms with E-state index in [2.05, 4.69) is 0 Å². The molecule has 0 heterocycles. The maximum Gasteiger partial charge on any atom is 0.150 e. The third-order valence-electron chi connectivity index (χ3n) is 1.79. The first-order chi connectivity index (χ1) is 5.88. The van der Waals surface area contributed by atoms with Crippen LogP contribution < -0.4 is 0 Å². The molecule has 12 heavy (non-hydrogen) atoms. The lowest BCUT2D eigenvalue weighted by molar-refractivity contribution is -0.104. The molecule has 0 saturated carbocycles. The molecule has 0 unspecified atom stereocenters. The Morgan fingerprint density at radius 2 is 1.83 bits per heavy atom. The second-order valence-corrected chi connectivity index (χ2v) is 2.56. The third kappa shape index (κ3) is 2.06. The van der Waals surface area contributed by atoms with Crippen LogP contribution in [0.1, 0.15) is 13.3 Å². The minimum absolute atomic E-state index is 0.776. The van der Waals surface area contributed by atoms with Gasteiger partial charge < -0.3 is 0 Å². The van der Waals surface area contributed by atoms with E-state index in [0.717, 1.165) is 23.9 Å². The van der Waals surface area contributed by atoms with Gasteiger partial charge in [-0.3, -0.25) is 4.79 Å². The summed E-state index contributed by atoms with van der Waals surface area (Å²) < 4.78 is 0. The van der Waals surface area contributed by atoms with Crippen molar-refractivity contribution < 1.29 is 4.79 Å². The first kappa shape index (κ1) is 8.72. The Hall–Kier alpha value is -1.37. The molecule has 1 rings (SSSR count). The molecule has 0 saturated heterocycles. The topological polar surface area (TPSA) is 17.1 Å². The molecule has 62 valence electrons. The molecular formula is C11H12O. The zero-order chi connectivity index (χ0) is 8.81. The summed E-state index contributed by atoms with van der Waals surface area (Å²) in [6, 6.07) is 0. The summed E-state index contributed by atoms with van der Waals surface area (Å²) in [4.78, 5) is 10.6. The Balaban J connectivity index is 3.03. The van der Waals surface area contributed by atoms with Gasteiger partial charge in [0.05, 0.1) is 0 Å². The highest BCUT2D eigenvalue weighted by atomic mass is 16.1. The molecule has 0 N–H and O–H groups in total. The zero-order valence-corrected chi connectivity index (χ0v) is 7.16. The first-order valence-electron chi connectivity index (χ1n) is 4.08. The van der Waals surface area contributed by atoms with Crippen molar-refractivity contribution in [1.82, 2.24) is 0 Å². The minimum atomic E-state index is 0.776. The molecular weight excluding hydrogens is 148 g/mol. The van der Waals surface area contributed by atoms with Crippen molar-refractivity contribution in [3.63, 3.8) is 0 Å². The molecule has 0 aliphatic heterocycles. The third-order valence-corrected chi connectivity index (χ3v) is 1.79. The van der Waals surface area contributed by atoms with Crippen molar-refractivity contribution in [2.24, 2.45) is 0 Å². The molecule has 0 bridgehead atoms. The molecule has 0 fully saturated rings. The summed E-state index contributed by atoms with van der Waals surface area (Å²) in [5, 5.41) is 0. The Labute approximate surface area is 72.8 Å². The van der Waals surface area contributed by atoms with E-state index in [4.69, 9.17) is 0 Å². The highest BCUT2D eigenvalue weighted by Crippen LogP contribution is 2.11. The fourth-order valence-corrected chi connectivity index (χ4v) is 1.10. The van der Waals surface area contributed by atoms with E-state index >= 15 is 0 Å². The number of hydrogen-bond donors (Lipinski definition) is 0. The van der Waals surface area contributed by atoms with Gasteiger partial charge in [-0.25, -0.2) is 0 Å². The lowest BCUT2D eigenvalue weighted by Gasteiger charge is -2.00. The lowest BCUT2D eigenvalue weighted by atomic mass is 10.0. The summed E-state index contributed by atoms with van der Waals surface area (Å²) >= 11 is 0. The smallest absolute Gasteiger partial charge is 0.150 e. The van der Waals surface area contributed by atoms with Crippen LogP contribution in [0.5, 0.6) is 0 Å². The van der Waals surface area contributed by atoms with E-state index in [1.165, 1.54) is 0 Å². The Morgan fingerprint density at radius 3 is 2.42 bits per heavy atom. The fraction of sp³-hybridized carbons (Fsp3) is 0.182. The molecule has 1 heteroatoms. The van der Waals surface area contributed by atoms with Gasteiger partial charge in [-0.05, 0) is 12.0 Å². The van der Waals surface area contributed by atoms with E-state index in [-0.39, 0.29) is 0 Å². The van der Waals surface area contributed by atoms with Crippen molar-refractivity contribution in [3.8, 4) is 0 Å². The number of hydrogen-bond acceptors (Lipinski definition) is 1. The van der Waals surface area contributed by atoms with Crippen LogP contribution in [0.3, 0.4) is 0 Å². The van der Waals surface area contributed by atoms with Crippen LogP contribution in [0.15, 0.2) is 47.6 Å². The van der Waals surface area contributed by atoms with Crippen LogP contribution >= 0.6 is 0 Å². The standard InChI is InChI=1S/C11H12O/c1-2-10-7-5-3-4-6-8-11(10)9-12/h3-9H,2H2,1H3. The number of allylic oxidation sites excluding steroid dienone is 8. The fourth-order valence-electron chi connectivity index (χ4n) is 1.10. The van der Waals surface area contributed by atoms with E-state index in [1.807, 2.05) is 43.4 Å². The molecule has 0 spiro atoms. The zero-order valence-electron chi connectivity index (χ0n) is 7.16. The molecule has 0 amide bonds. The van der Waals surface area contributed by atoms with Gasteiger partial charge in [-0.1, -0.05) is 43.4 Å². The summed E-state index contributed by atoms with van der Waals surface area (Å²) in [6.45, 7) is 2.04. The number of carbonyl (C=O) groups excluding carboxylic acids is 1. The van der Waals surface area contributed by atoms with Gasteiger partial charge in [-0.2, -0.15) is 0 Å². The Kier molecular flexibility index (Phi) is 3.27. The second-order valence-electron chi connectivity index (χ2n) is 2.56. The number of rotatable bonds is 2. The van der Waals surface area contributed by atoms with Crippen LogP contribution in [0.2, 0.25) is 0 Å². The van der Waals surface area contributed by atoms with Gasteiger partial charge in [0, 0.05) is 5.57 Å². The van der Waals surface area contributed by atoms with Gasteiger partial charge >= 0.3 is 0 Å². The Bertz CT molecular complexity index is 277. The van der Waals surface area contributed by atoms with Gasteiger partial charge in [0.15, 0.2) is 0 Å². The number of carbonyl (C=O) groups is 1. The van der Waals surface area contributed by atoms with Crippen LogP contribution in [0.4, 0.5) is 0 Å². The predicted octanol–water partition coefficient (Wildman–Crippen LogP) is 2.57. The van der Waals surface area contributed by atoms with Gasteiger partial charge in [0.2, 0.25) is 0 Å². The van der Waals surface area contributed by atoms with E-state index in [9.17, 15) is 4.79 Å². The predicted molar refractivity (Wildman–Crippen MR) is 50.8 cm³/mol. The molecule has 0 aromatic rings. The van der Waals surface area contributed by atoms with E-state index < -0.39 is 0 Å². The van der Waals surface area contributed by atoms with Crippen LogP contribution in [0, 0.1) is 0 Å². The molecule has 1 aliphatic rings. The van der Waals surface area contributed by atoms with Crippen molar-refractivity contribution in [3.05, 3.63) is 47.6 Å². The summed E-state index contributed by atoms with van der Waals surface area (Å²) in [6.07, 6.45) is 13.3. The molecule has 0 radical (unpaired) electrons. The normalized spacial score (nSPS) is 16.1. The largest absolute Gasteiger partial charge is 0.298 e. The quantitative estimate of drug-likeness (QED) is 0.567. The maximum absolute atomic E-state index is 10.6. The maximum atomic E-state index is 10.6. The Morgan fingerprint density at radius 1 is 1.17 bits per heavy atom. The molecule has 0 aromatic heterocycles. The molecule has 0 aromatic carbocycles. The molecule has 1 nitrogen and oxygen atoms in total. The SMILES string of the molecule is CCC1=C(C=O)C=CC=CC=C1. The highest BCUT2D eigenvalue weighted by molar-refractivity contribution is 5.80. The lowest BCUT2D eigenvalue weighted by Crippen LogP contribution is -1.87. The van der Waals surface area contributed by atoms with Gasteiger partial charge in [-0.15, -0.1) is 0 Å². The van der Waals surface area contributed by atoms with Crippen LogP contribution in [-0.4, -0.2) is 6.29 Å². The van der Waals surface area contributed by atoms with E-state index in [1.54, 1.807) is 0 Å². The second kappa shape index (κ2) is 4.50. The van der Waals surface area contributed by atoms with E-state index in [0.29, 0.717) is 0 Å². The number of aldehydes is 1. The first-order valence-corrected chi connectivity index (χ1v) is 4.08. The monoisotopic (exact) mass is 160 g/mol. The van der Waals surface area contributed by atoms with Gasteiger partial charge in [0.1, 0.15) is 6.29 Å². The van der Waals surface area contributed by atoms with Crippen molar-refractivity contribution >= 4 is 6.29 Å². The summed E-state index contributed by atoms with van der Waals surface area (Å²) in [5.41, 5.74) is 1.86. The van der Waals surface area contributed by atoms with Crippen molar-refractivity contribution in [2.45, 2.75) is 13.3 Å². The highest BCUT2D eigenvalue weighted by Gasteiger charge is 1.97. The molecule has 0 atom stereocenters. The summed E-state index contributed by atoms with van der Waals surface area (Å²) in [7, 11) is 0. The summed E-state index contributed by atoms with van der Waals surface area (Å²) in [5.74, 6) is 0. The average Bonchev–Trinajstić information content (AvgIpc) is 2.05. The average molecular weight is 160 g/mol. The van der Waals surface area contributed by atoms with Gasteiger partial charge in [0.25, 0.3) is 0 Å². The van der Waals surface area contributed by atoms with Crippen molar-refractivity contribution in [1.29, 1.82) is 0 Å².